The quantitative estimate of drug-likeness (QED) is 0.507. The summed E-state index contributed by atoms with van der Waals surface area (Å²) in [5.74, 6) is 0.535. The van der Waals surface area contributed by atoms with Crippen molar-refractivity contribution >= 4 is 22.5 Å². The number of rotatable bonds is 5. The number of hydrogen-bond acceptors (Lipinski definition) is 6. The summed E-state index contributed by atoms with van der Waals surface area (Å²) in [6.45, 7) is 0.925. The van der Waals surface area contributed by atoms with Crippen LogP contribution in [0.2, 0.25) is 0 Å². The predicted molar refractivity (Wildman–Crippen MR) is 128 cm³/mol. The van der Waals surface area contributed by atoms with E-state index < -0.39 is 0 Å². The summed E-state index contributed by atoms with van der Waals surface area (Å²) in [7, 11) is 5.47. The number of nitrogens with one attached hydrogen (secondary N) is 1. The Hall–Kier alpha value is -3.78. The van der Waals surface area contributed by atoms with Gasteiger partial charge in [-0.25, -0.2) is 9.97 Å². The number of carbonyl (C=O) groups is 1. The molecule has 0 saturated carbocycles. The third-order valence-corrected chi connectivity index (χ3v) is 6.17. The number of hydrogen-bond donors (Lipinski definition) is 1. The number of methoxy groups -OCH3 is 1. The average molecular weight is 443 g/mol. The monoisotopic (exact) mass is 442 g/mol. The number of carbonyl (C=O) groups excluding carboxylic acids is 1. The molecule has 1 fully saturated rings. The van der Waals surface area contributed by atoms with Gasteiger partial charge >= 0.3 is 0 Å². The lowest BCUT2D eigenvalue weighted by molar-refractivity contribution is -0.119. The van der Waals surface area contributed by atoms with Gasteiger partial charge in [-0.05, 0) is 32.5 Å². The number of aromatic nitrogens is 4. The highest BCUT2D eigenvalue weighted by Gasteiger charge is 2.28. The second-order valence-corrected chi connectivity index (χ2v) is 8.35. The molecule has 0 aliphatic carbocycles. The first-order valence-corrected chi connectivity index (χ1v) is 11.0. The number of nitrogens with zero attached hydrogens (tertiary/aromatic N) is 5. The van der Waals surface area contributed by atoms with Crippen LogP contribution in [0.5, 0.6) is 5.75 Å². The Morgan fingerprint density at radius 2 is 1.94 bits per heavy atom. The van der Waals surface area contributed by atoms with Crippen molar-refractivity contribution < 1.29 is 9.53 Å². The fourth-order valence-electron chi connectivity index (χ4n) is 4.49. The largest absolute Gasteiger partial charge is 0.494 e. The molecule has 168 valence electrons. The van der Waals surface area contributed by atoms with Crippen LogP contribution in [-0.4, -0.2) is 57.3 Å². The Morgan fingerprint density at radius 3 is 2.67 bits per heavy atom. The zero-order valence-corrected chi connectivity index (χ0v) is 18.9. The van der Waals surface area contributed by atoms with Gasteiger partial charge in [-0.3, -0.25) is 14.4 Å². The molecule has 2 aromatic heterocycles. The number of likely N-dealkylation sites (N-methyl/N-ethyl adjacent to an activating group) is 1. The topological polar surface area (TPSA) is 85.2 Å². The summed E-state index contributed by atoms with van der Waals surface area (Å²) in [6.07, 6.45) is 5.37. The molecule has 0 spiro atoms. The van der Waals surface area contributed by atoms with Crippen LogP contribution >= 0.6 is 0 Å². The summed E-state index contributed by atoms with van der Waals surface area (Å²) in [5.41, 5.74) is 4.84. The maximum Gasteiger partial charge on any atom is 0.241 e. The second-order valence-electron chi connectivity index (χ2n) is 8.35. The fraction of sp³-hybridized carbons (Fsp3) is 0.280. The summed E-state index contributed by atoms with van der Waals surface area (Å²) in [6, 6.07) is 13.6. The molecule has 1 aliphatic rings. The molecule has 0 radical (unpaired) electrons. The maximum atomic E-state index is 13.0. The number of benzene rings is 2. The van der Waals surface area contributed by atoms with Crippen molar-refractivity contribution in [2.24, 2.45) is 7.05 Å². The predicted octanol–water partition coefficient (Wildman–Crippen LogP) is 3.74. The first kappa shape index (κ1) is 21.1. The van der Waals surface area contributed by atoms with Crippen molar-refractivity contribution in [1.29, 1.82) is 0 Å². The fourth-order valence-corrected chi connectivity index (χ4v) is 4.49. The zero-order chi connectivity index (χ0) is 22.9. The van der Waals surface area contributed by atoms with Gasteiger partial charge in [0.15, 0.2) is 0 Å². The third kappa shape index (κ3) is 3.93. The Bertz CT molecular complexity index is 1320. The summed E-state index contributed by atoms with van der Waals surface area (Å²) >= 11 is 0. The minimum Gasteiger partial charge on any atom is -0.494 e. The summed E-state index contributed by atoms with van der Waals surface area (Å²) in [4.78, 5) is 24.1. The van der Waals surface area contributed by atoms with Gasteiger partial charge in [-0.2, -0.15) is 5.10 Å². The summed E-state index contributed by atoms with van der Waals surface area (Å²) in [5, 5.41) is 8.58. The van der Waals surface area contributed by atoms with E-state index in [9.17, 15) is 4.79 Å². The van der Waals surface area contributed by atoms with Crippen molar-refractivity contribution in [1.82, 2.24) is 24.6 Å². The zero-order valence-electron chi connectivity index (χ0n) is 18.9. The Morgan fingerprint density at radius 1 is 1.12 bits per heavy atom. The molecule has 8 heteroatoms. The lowest BCUT2D eigenvalue weighted by Crippen LogP contribution is -2.37. The number of fused-ring (bicyclic) bond motifs is 1. The minimum absolute atomic E-state index is 0.0302. The highest BCUT2D eigenvalue weighted by atomic mass is 16.5. The Labute approximate surface area is 192 Å². The first-order valence-electron chi connectivity index (χ1n) is 11.0. The molecule has 1 saturated heterocycles. The van der Waals surface area contributed by atoms with Crippen LogP contribution in [0, 0.1) is 0 Å². The van der Waals surface area contributed by atoms with E-state index in [1.807, 2.05) is 62.8 Å². The lowest BCUT2D eigenvalue weighted by Gasteiger charge is -2.20. The van der Waals surface area contributed by atoms with Crippen molar-refractivity contribution in [3.8, 4) is 28.3 Å². The van der Waals surface area contributed by atoms with Crippen molar-refractivity contribution in [2.75, 3.05) is 26.0 Å². The highest BCUT2D eigenvalue weighted by Crippen LogP contribution is 2.37. The first-order chi connectivity index (χ1) is 16.0. The third-order valence-electron chi connectivity index (χ3n) is 6.17. The van der Waals surface area contributed by atoms with Crippen LogP contribution in [-0.2, 0) is 11.8 Å². The van der Waals surface area contributed by atoms with E-state index >= 15 is 0 Å². The van der Waals surface area contributed by atoms with Gasteiger partial charge < -0.3 is 10.1 Å². The van der Waals surface area contributed by atoms with E-state index in [2.05, 4.69) is 25.3 Å². The van der Waals surface area contributed by atoms with Gasteiger partial charge in [-0.15, -0.1) is 0 Å². The van der Waals surface area contributed by atoms with Gasteiger partial charge in [0, 0.05) is 35.8 Å². The van der Waals surface area contributed by atoms with E-state index in [1.165, 1.54) is 0 Å². The molecule has 33 heavy (non-hydrogen) atoms. The van der Waals surface area contributed by atoms with Crippen LogP contribution in [0.4, 0.5) is 5.69 Å². The number of amides is 1. The van der Waals surface area contributed by atoms with E-state index in [4.69, 9.17) is 4.74 Å². The van der Waals surface area contributed by atoms with Crippen molar-refractivity contribution in [3.63, 3.8) is 0 Å². The van der Waals surface area contributed by atoms with Crippen LogP contribution in [0.15, 0.2) is 55.0 Å². The molecule has 1 N–H and O–H groups in total. The smallest absolute Gasteiger partial charge is 0.241 e. The molecule has 5 rings (SSSR count). The number of aryl methyl sites for hydroxylation is 1. The van der Waals surface area contributed by atoms with E-state index in [0.29, 0.717) is 11.4 Å². The molecular formula is C25H26N6O2. The van der Waals surface area contributed by atoms with Gasteiger partial charge in [0.05, 0.1) is 30.0 Å². The van der Waals surface area contributed by atoms with Gasteiger partial charge in [0.25, 0.3) is 0 Å². The maximum absolute atomic E-state index is 13.0. The molecule has 2 aromatic carbocycles. The van der Waals surface area contributed by atoms with Crippen LogP contribution in [0.25, 0.3) is 33.4 Å². The van der Waals surface area contributed by atoms with Crippen LogP contribution in [0.1, 0.15) is 12.8 Å². The molecule has 1 amide bonds. The van der Waals surface area contributed by atoms with Crippen LogP contribution < -0.4 is 10.1 Å². The molecular weight excluding hydrogens is 416 g/mol. The average Bonchev–Trinajstić information content (AvgIpc) is 3.44. The van der Waals surface area contributed by atoms with Gasteiger partial charge in [-0.1, -0.05) is 30.3 Å². The molecule has 0 unspecified atom stereocenters. The normalized spacial score (nSPS) is 16.3. The molecule has 8 nitrogen and oxygen atoms in total. The van der Waals surface area contributed by atoms with Gasteiger partial charge in [0.1, 0.15) is 17.8 Å². The molecule has 1 aliphatic heterocycles. The highest BCUT2D eigenvalue weighted by molar-refractivity contribution is 6.02. The van der Waals surface area contributed by atoms with E-state index in [1.54, 1.807) is 18.1 Å². The van der Waals surface area contributed by atoms with Crippen LogP contribution in [0.3, 0.4) is 0 Å². The standard InChI is InChI=1S/C25H26N6O2/c1-30-11-7-10-21(30)25(32)28-20-12-17-19(13-22(20)33-3)26-15-27-24(17)18-14-31(2)29-23(18)16-8-5-4-6-9-16/h4-6,8-9,12-15,21H,7,10-11H2,1-3H3,(H,28,32)/t21-/m0/s1. The second kappa shape index (κ2) is 8.63. The van der Waals surface area contributed by atoms with E-state index in [0.717, 1.165) is 52.8 Å². The SMILES string of the molecule is COc1cc2ncnc(-c3cn(C)nc3-c3ccccc3)c2cc1NC(=O)[C@@H]1CCCN1C. The molecule has 1 atom stereocenters. The van der Waals surface area contributed by atoms with E-state index in [-0.39, 0.29) is 11.9 Å². The molecule has 4 aromatic rings. The number of likely N-dealkylation sites (tertiary alicyclic amines) is 1. The minimum atomic E-state index is -0.139. The molecule has 0 bridgehead atoms. The Balaban J connectivity index is 1.62. The number of anilines is 1. The van der Waals surface area contributed by atoms with Gasteiger partial charge in [0.2, 0.25) is 5.91 Å². The van der Waals surface area contributed by atoms with Crippen molar-refractivity contribution in [3.05, 3.63) is 55.0 Å². The lowest BCUT2D eigenvalue weighted by atomic mass is 10.0. The summed E-state index contributed by atoms with van der Waals surface area (Å²) < 4.78 is 7.37. The number of ether oxygens (including phenoxy) is 1. The molecule has 3 heterocycles. The van der Waals surface area contributed by atoms with Crippen molar-refractivity contribution in [2.45, 2.75) is 18.9 Å². The Kier molecular flexibility index (Phi) is 5.51.